The van der Waals surface area contributed by atoms with Crippen LogP contribution < -0.4 is 0 Å². The van der Waals surface area contributed by atoms with Gasteiger partial charge < -0.3 is 0 Å². The van der Waals surface area contributed by atoms with E-state index in [0.717, 1.165) is 21.8 Å². The number of rotatable bonds is 1. The molecule has 1 aliphatic heterocycles. The maximum atomic E-state index is 13.3. The van der Waals surface area contributed by atoms with Crippen LogP contribution in [0.2, 0.25) is 0 Å². The number of carbonyl (C=O) groups excluding carboxylic acids is 1. The third-order valence-electron chi connectivity index (χ3n) is 2.74. The van der Waals surface area contributed by atoms with Crippen LogP contribution in [-0.2, 0) is 5.75 Å². The Kier molecular flexibility index (Phi) is 2.87. The molecule has 0 bridgehead atoms. The number of benzene rings is 1. The number of carbonyl (C=O) groups is 1. The lowest BCUT2D eigenvalue weighted by Gasteiger charge is -2.13. The van der Waals surface area contributed by atoms with E-state index in [0.29, 0.717) is 5.69 Å². The van der Waals surface area contributed by atoms with Crippen molar-refractivity contribution in [1.82, 2.24) is 9.78 Å². The van der Waals surface area contributed by atoms with Gasteiger partial charge in [0.25, 0.3) is 5.91 Å². The lowest BCUT2D eigenvalue weighted by atomic mass is 10.1. The molecule has 0 saturated carbocycles. The fourth-order valence-corrected chi connectivity index (χ4v) is 3.02. The third kappa shape index (κ3) is 1.83. The molecule has 1 aliphatic rings. The van der Waals surface area contributed by atoms with Gasteiger partial charge in [-0.25, -0.2) is 9.07 Å². The largest absolute Gasteiger partial charge is 0.271 e. The van der Waals surface area contributed by atoms with Crippen LogP contribution in [0.5, 0.6) is 0 Å². The van der Waals surface area contributed by atoms with E-state index in [-0.39, 0.29) is 17.6 Å². The van der Waals surface area contributed by atoms with Crippen molar-refractivity contribution in [2.24, 2.45) is 0 Å². The minimum absolute atomic E-state index is 0.121. The predicted molar refractivity (Wildman–Crippen MR) is 68.5 cm³/mol. The average molecular weight is 283 g/mol. The molecule has 1 aromatic carbocycles. The summed E-state index contributed by atoms with van der Waals surface area (Å²) in [5.74, 6) is 0.0159. The summed E-state index contributed by atoms with van der Waals surface area (Å²) in [6, 6.07) is 4.61. The summed E-state index contributed by atoms with van der Waals surface area (Å²) in [5.41, 5.74) is 2.33. The molecule has 1 aromatic heterocycles. The standard InChI is InChI=1S/C12H8ClFN2OS/c13-4-11(17)16-5-7-6-18-10-2-1-8(14)3-9(10)12(7)15-16/h1-3,5H,4,6H2. The van der Waals surface area contributed by atoms with Gasteiger partial charge >= 0.3 is 0 Å². The first-order valence-corrected chi connectivity index (χ1v) is 6.81. The Morgan fingerprint density at radius 3 is 3.17 bits per heavy atom. The Morgan fingerprint density at radius 1 is 1.56 bits per heavy atom. The predicted octanol–water partition coefficient (Wildman–Crippen LogP) is 3.17. The lowest BCUT2D eigenvalue weighted by Crippen LogP contribution is -2.12. The monoisotopic (exact) mass is 282 g/mol. The number of hydrogen-bond donors (Lipinski definition) is 0. The summed E-state index contributed by atoms with van der Waals surface area (Å²) in [4.78, 5) is 12.5. The Labute approximate surface area is 112 Å². The number of alkyl halides is 1. The second kappa shape index (κ2) is 4.40. The first-order valence-electron chi connectivity index (χ1n) is 5.29. The molecule has 0 N–H and O–H groups in total. The number of fused-ring (bicyclic) bond motifs is 3. The van der Waals surface area contributed by atoms with Gasteiger partial charge in [-0.3, -0.25) is 4.79 Å². The van der Waals surface area contributed by atoms with Crippen molar-refractivity contribution in [2.75, 3.05) is 5.88 Å². The van der Waals surface area contributed by atoms with Crippen LogP contribution in [0.3, 0.4) is 0 Å². The number of nitrogens with zero attached hydrogens (tertiary/aromatic N) is 2. The van der Waals surface area contributed by atoms with Crippen molar-refractivity contribution in [3.05, 3.63) is 35.8 Å². The van der Waals surface area contributed by atoms with Gasteiger partial charge in [0.05, 0.1) is 5.69 Å². The zero-order valence-corrected chi connectivity index (χ0v) is 10.8. The first kappa shape index (κ1) is 11.7. The Morgan fingerprint density at radius 2 is 2.39 bits per heavy atom. The van der Waals surface area contributed by atoms with Crippen LogP contribution in [0.25, 0.3) is 11.3 Å². The SMILES string of the molecule is O=C(CCl)n1cc2c(n1)-c1cc(F)ccc1SC2. The van der Waals surface area contributed by atoms with Crippen molar-refractivity contribution < 1.29 is 9.18 Å². The van der Waals surface area contributed by atoms with Gasteiger partial charge in [-0.1, -0.05) is 0 Å². The summed E-state index contributed by atoms with van der Waals surface area (Å²) < 4.78 is 14.5. The molecule has 0 radical (unpaired) electrons. The molecule has 2 aromatic rings. The molecule has 18 heavy (non-hydrogen) atoms. The highest BCUT2D eigenvalue weighted by molar-refractivity contribution is 7.98. The maximum Gasteiger partial charge on any atom is 0.261 e. The van der Waals surface area contributed by atoms with Crippen LogP contribution in [0, 0.1) is 5.82 Å². The average Bonchev–Trinajstić information content (AvgIpc) is 2.82. The summed E-state index contributed by atoms with van der Waals surface area (Å²) in [7, 11) is 0. The highest BCUT2D eigenvalue weighted by atomic mass is 35.5. The Hall–Kier alpha value is -1.33. The number of thioether (sulfide) groups is 1. The number of hydrogen-bond acceptors (Lipinski definition) is 3. The highest BCUT2D eigenvalue weighted by Crippen LogP contribution is 2.40. The Balaban J connectivity index is 2.14. The van der Waals surface area contributed by atoms with E-state index in [9.17, 15) is 9.18 Å². The molecule has 0 aliphatic carbocycles. The topological polar surface area (TPSA) is 34.9 Å². The van der Waals surface area contributed by atoms with E-state index < -0.39 is 0 Å². The molecule has 0 fully saturated rings. The molecule has 0 atom stereocenters. The van der Waals surface area contributed by atoms with E-state index in [4.69, 9.17) is 11.6 Å². The normalized spacial score (nSPS) is 13.0. The first-order chi connectivity index (χ1) is 8.69. The van der Waals surface area contributed by atoms with Gasteiger partial charge in [0, 0.05) is 28.0 Å². The maximum absolute atomic E-state index is 13.3. The van der Waals surface area contributed by atoms with Gasteiger partial charge in [0.1, 0.15) is 11.7 Å². The van der Waals surface area contributed by atoms with E-state index in [1.54, 1.807) is 24.0 Å². The van der Waals surface area contributed by atoms with Gasteiger partial charge in [0.15, 0.2) is 0 Å². The zero-order valence-electron chi connectivity index (χ0n) is 9.19. The van der Waals surface area contributed by atoms with E-state index in [2.05, 4.69) is 5.10 Å². The van der Waals surface area contributed by atoms with Crippen LogP contribution in [0.1, 0.15) is 10.4 Å². The highest BCUT2D eigenvalue weighted by Gasteiger charge is 2.22. The van der Waals surface area contributed by atoms with Crippen LogP contribution >= 0.6 is 23.4 Å². The van der Waals surface area contributed by atoms with E-state index in [1.807, 2.05) is 0 Å². The van der Waals surface area contributed by atoms with E-state index in [1.165, 1.54) is 16.8 Å². The third-order valence-corrected chi connectivity index (χ3v) is 4.09. The molecule has 92 valence electrons. The molecular formula is C12H8ClFN2OS. The van der Waals surface area contributed by atoms with Gasteiger partial charge in [-0.15, -0.1) is 23.4 Å². The van der Waals surface area contributed by atoms with Crippen LogP contribution in [-0.4, -0.2) is 21.6 Å². The molecule has 0 spiro atoms. The zero-order chi connectivity index (χ0) is 12.7. The van der Waals surface area contributed by atoms with Crippen molar-refractivity contribution in [1.29, 1.82) is 0 Å². The Bertz CT molecular complexity index is 641. The molecule has 6 heteroatoms. The quantitative estimate of drug-likeness (QED) is 0.754. The molecule has 3 rings (SSSR count). The summed E-state index contributed by atoms with van der Waals surface area (Å²) in [6.07, 6.45) is 1.67. The fraction of sp³-hybridized carbons (Fsp3) is 0.167. The smallest absolute Gasteiger partial charge is 0.261 e. The van der Waals surface area contributed by atoms with Crippen molar-refractivity contribution in [2.45, 2.75) is 10.6 Å². The lowest BCUT2D eigenvalue weighted by molar-refractivity contribution is 0.0925. The van der Waals surface area contributed by atoms with Crippen molar-refractivity contribution in [3.8, 4) is 11.3 Å². The molecule has 2 heterocycles. The molecular weight excluding hydrogens is 275 g/mol. The van der Waals surface area contributed by atoms with Crippen molar-refractivity contribution in [3.63, 3.8) is 0 Å². The van der Waals surface area contributed by atoms with E-state index >= 15 is 0 Å². The number of halogens is 2. The van der Waals surface area contributed by atoms with Crippen LogP contribution in [0.4, 0.5) is 4.39 Å². The summed E-state index contributed by atoms with van der Waals surface area (Å²) >= 11 is 7.11. The number of aromatic nitrogens is 2. The molecule has 0 unspecified atom stereocenters. The fourth-order valence-electron chi connectivity index (χ4n) is 1.90. The minimum Gasteiger partial charge on any atom is -0.271 e. The minimum atomic E-state index is -0.305. The van der Waals surface area contributed by atoms with Gasteiger partial charge in [0.2, 0.25) is 0 Å². The molecule has 0 saturated heterocycles. The van der Waals surface area contributed by atoms with Gasteiger partial charge in [-0.05, 0) is 18.2 Å². The van der Waals surface area contributed by atoms with Gasteiger partial charge in [-0.2, -0.15) is 5.10 Å². The molecule has 0 amide bonds. The second-order valence-corrected chi connectivity index (χ2v) is 5.19. The molecule has 3 nitrogen and oxygen atoms in total. The summed E-state index contributed by atoms with van der Waals surface area (Å²) in [6.45, 7) is 0. The second-order valence-electron chi connectivity index (χ2n) is 3.90. The van der Waals surface area contributed by atoms with Crippen LogP contribution in [0.15, 0.2) is 29.3 Å². The van der Waals surface area contributed by atoms with Crippen molar-refractivity contribution >= 4 is 29.3 Å². The summed E-state index contributed by atoms with van der Waals surface area (Å²) in [5, 5.41) is 4.21.